The maximum atomic E-state index is 11.9. The van der Waals surface area contributed by atoms with Gasteiger partial charge in [0.05, 0.1) is 11.4 Å². The molecule has 2 aliphatic carbocycles. The van der Waals surface area contributed by atoms with Crippen LogP contribution in [0.4, 0.5) is 0 Å². The number of thioether (sulfide) groups is 2. The van der Waals surface area contributed by atoms with Crippen LogP contribution in [0.3, 0.4) is 0 Å². The summed E-state index contributed by atoms with van der Waals surface area (Å²) in [6.07, 6.45) is 13.0. The van der Waals surface area contributed by atoms with Gasteiger partial charge < -0.3 is 9.97 Å². The van der Waals surface area contributed by atoms with Crippen molar-refractivity contribution in [3.63, 3.8) is 0 Å². The van der Waals surface area contributed by atoms with Crippen molar-refractivity contribution in [2.75, 3.05) is 0 Å². The van der Waals surface area contributed by atoms with E-state index in [0.717, 1.165) is 83.7 Å². The summed E-state index contributed by atoms with van der Waals surface area (Å²) in [6.45, 7) is 4.09. The lowest BCUT2D eigenvalue weighted by molar-refractivity contribution is 0.869. The van der Waals surface area contributed by atoms with Gasteiger partial charge in [-0.15, -0.1) is 0 Å². The van der Waals surface area contributed by atoms with Gasteiger partial charge in [0.1, 0.15) is 0 Å². The topological polar surface area (TPSA) is 117 Å². The zero-order valence-corrected chi connectivity index (χ0v) is 23.2. The Morgan fingerprint density at radius 3 is 2.03 bits per heavy atom. The molecule has 196 valence electrons. The third-order valence-electron chi connectivity index (χ3n) is 6.66. The first-order valence-corrected chi connectivity index (χ1v) is 14.7. The monoisotopic (exact) mass is 546 g/mol. The van der Waals surface area contributed by atoms with Crippen molar-refractivity contribution in [2.45, 2.75) is 74.2 Å². The zero-order chi connectivity index (χ0) is 26.5. The van der Waals surface area contributed by atoms with E-state index in [1.54, 1.807) is 29.7 Å². The summed E-state index contributed by atoms with van der Waals surface area (Å²) >= 11 is 3.12. The lowest BCUT2D eigenvalue weighted by Crippen LogP contribution is -2.14. The van der Waals surface area contributed by atoms with E-state index in [-0.39, 0.29) is 11.1 Å². The normalized spacial score (nSPS) is 13.5. The molecule has 6 rings (SSSR count). The van der Waals surface area contributed by atoms with E-state index in [0.29, 0.717) is 10.3 Å². The SMILES string of the molecule is Cc1ccncc1CSc1nc2c(c(=O)[nH]1)CCC2.Cc1cncc(CSc2nc3c(c(=O)[nH]2)CCC3)c1. The molecular formula is C28H30N6O2S2. The van der Waals surface area contributed by atoms with Crippen LogP contribution in [0.25, 0.3) is 0 Å². The van der Waals surface area contributed by atoms with E-state index in [2.05, 4.69) is 42.9 Å². The van der Waals surface area contributed by atoms with Crippen molar-refractivity contribution in [3.05, 3.63) is 102 Å². The summed E-state index contributed by atoms with van der Waals surface area (Å²) in [7, 11) is 0. The van der Waals surface area contributed by atoms with Crippen molar-refractivity contribution >= 4 is 23.5 Å². The number of aromatic nitrogens is 6. The van der Waals surface area contributed by atoms with Gasteiger partial charge in [-0.25, -0.2) is 9.97 Å². The van der Waals surface area contributed by atoms with E-state index in [1.165, 1.54) is 11.1 Å². The number of rotatable bonds is 6. The van der Waals surface area contributed by atoms with Crippen LogP contribution in [0, 0.1) is 13.8 Å². The van der Waals surface area contributed by atoms with Gasteiger partial charge in [0.15, 0.2) is 10.3 Å². The number of nitrogens with one attached hydrogen (secondary N) is 2. The minimum absolute atomic E-state index is 0.0346. The molecule has 4 aromatic heterocycles. The summed E-state index contributed by atoms with van der Waals surface area (Å²) in [6, 6.07) is 4.10. The third kappa shape index (κ3) is 6.42. The molecular weight excluding hydrogens is 516 g/mol. The molecule has 38 heavy (non-hydrogen) atoms. The maximum absolute atomic E-state index is 11.9. The molecule has 0 saturated carbocycles. The molecule has 0 unspecified atom stereocenters. The van der Waals surface area contributed by atoms with Crippen LogP contribution in [0.1, 0.15) is 57.6 Å². The van der Waals surface area contributed by atoms with E-state index < -0.39 is 0 Å². The fourth-order valence-corrected chi connectivity index (χ4v) is 6.35. The highest BCUT2D eigenvalue weighted by molar-refractivity contribution is 7.98. The number of fused-ring (bicyclic) bond motifs is 2. The molecule has 0 radical (unpaired) electrons. The highest BCUT2D eigenvalue weighted by atomic mass is 32.2. The summed E-state index contributed by atoms with van der Waals surface area (Å²) in [5, 5.41) is 1.43. The molecule has 0 spiro atoms. The molecule has 0 amide bonds. The molecule has 10 heteroatoms. The molecule has 0 fully saturated rings. The Morgan fingerprint density at radius 1 is 0.789 bits per heavy atom. The lowest BCUT2D eigenvalue weighted by Gasteiger charge is -2.05. The fourth-order valence-electron chi connectivity index (χ4n) is 4.62. The number of pyridine rings is 2. The minimum atomic E-state index is 0.0346. The van der Waals surface area contributed by atoms with Crippen LogP contribution in [0.5, 0.6) is 0 Å². The average Bonchev–Trinajstić information content (AvgIpc) is 3.58. The van der Waals surface area contributed by atoms with E-state index in [4.69, 9.17) is 0 Å². The molecule has 4 aromatic rings. The molecule has 4 heterocycles. The Balaban J connectivity index is 0.000000155. The maximum Gasteiger partial charge on any atom is 0.254 e. The average molecular weight is 547 g/mol. The Hall–Kier alpha value is -3.24. The van der Waals surface area contributed by atoms with Crippen LogP contribution in [0.15, 0.2) is 56.8 Å². The van der Waals surface area contributed by atoms with Crippen LogP contribution < -0.4 is 11.1 Å². The Kier molecular flexibility index (Phi) is 8.38. The highest BCUT2D eigenvalue weighted by Crippen LogP contribution is 2.24. The molecule has 0 aliphatic heterocycles. The van der Waals surface area contributed by atoms with Crippen LogP contribution >= 0.6 is 23.5 Å². The van der Waals surface area contributed by atoms with Gasteiger partial charge in [-0.1, -0.05) is 29.6 Å². The number of H-pyrrole nitrogens is 2. The lowest BCUT2D eigenvalue weighted by atomic mass is 10.2. The van der Waals surface area contributed by atoms with Crippen molar-refractivity contribution in [1.82, 2.24) is 29.9 Å². The smallest absolute Gasteiger partial charge is 0.254 e. The standard InChI is InChI=1S/2C14H15N3OS/c1-9-5-10(7-15-6-9)8-19-14-16-12-4-2-3-11(12)13(18)17-14;1-9-5-6-15-7-10(9)8-19-14-16-12-4-2-3-11(12)13(18)17-14/h2*5-7H,2-4,8H2,1H3,(H,16,17,18). The zero-order valence-electron chi connectivity index (χ0n) is 21.5. The van der Waals surface area contributed by atoms with Gasteiger partial charge in [-0.2, -0.15) is 0 Å². The predicted molar refractivity (Wildman–Crippen MR) is 151 cm³/mol. The van der Waals surface area contributed by atoms with Crippen LogP contribution in [-0.2, 0) is 37.2 Å². The Bertz CT molecular complexity index is 1570. The second-order valence-corrected chi connectivity index (χ2v) is 11.5. The summed E-state index contributed by atoms with van der Waals surface area (Å²) < 4.78 is 0. The van der Waals surface area contributed by atoms with E-state index >= 15 is 0 Å². The predicted octanol–water partition coefficient (Wildman–Crippen LogP) is 4.51. The first-order valence-electron chi connectivity index (χ1n) is 12.8. The second-order valence-electron chi connectivity index (χ2n) is 9.55. The molecule has 2 aliphatic rings. The number of aryl methyl sites for hydroxylation is 4. The van der Waals surface area contributed by atoms with Gasteiger partial charge in [0.25, 0.3) is 11.1 Å². The summed E-state index contributed by atoms with van der Waals surface area (Å²) in [4.78, 5) is 46.9. The second kappa shape index (κ2) is 12.1. The van der Waals surface area contributed by atoms with Crippen molar-refractivity contribution in [1.29, 1.82) is 0 Å². The first-order chi connectivity index (χ1) is 18.5. The number of aromatic amines is 2. The minimum Gasteiger partial charge on any atom is -0.301 e. The molecule has 0 aromatic carbocycles. The van der Waals surface area contributed by atoms with Crippen molar-refractivity contribution in [2.24, 2.45) is 0 Å². The Labute approximate surface area is 229 Å². The van der Waals surface area contributed by atoms with Crippen molar-refractivity contribution < 1.29 is 0 Å². The van der Waals surface area contributed by atoms with Gasteiger partial charge in [-0.05, 0) is 80.7 Å². The van der Waals surface area contributed by atoms with Crippen molar-refractivity contribution in [3.8, 4) is 0 Å². The largest absolute Gasteiger partial charge is 0.301 e. The number of hydrogen-bond acceptors (Lipinski definition) is 8. The third-order valence-corrected chi connectivity index (χ3v) is 8.53. The molecule has 0 saturated heterocycles. The number of hydrogen-bond donors (Lipinski definition) is 2. The summed E-state index contributed by atoms with van der Waals surface area (Å²) in [5.41, 5.74) is 8.47. The van der Waals surface area contributed by atoms with E-state index in [9.17, 15) is 9.59 Å². The molecule has 0 bridgehead atoms. The molecule has 8 nitrogen and oxygen atoms in total. The summed E-state index contributed by atoms with van der Waals surface area (Å²) in [5.74, 6) is 1.55. The molecule has 2 N–H and O–H groups in total. The Morgan fingerprint density at radius 2 is 1.42 bits per heavy atom. The first kappa shape index (κ1) is 26.4. The van der Waals surface area contributed by atoms with E-state index in [1.807, 2.05) is 31.6 Å². The number of nitrogens with zero attached hydrogens (tertiary/aromatic N) is 4. The quantitative estimate of drug-likeness (QED) is 0.268. The van der Waals surface area contributed by atoms with Gasteiger partial charge in [0, 0.05) is 47.4 Å². The highest BCUT2D eigenvalue weighted by Gasteiger charge is 2.18. The fraction of sp³-hybridized carbons (Fsp3) is 0.357. The van der Waals surface area contributed by atoms with Crippen LogP contribution in [0.2, 0.25) is 0 Å². The van der Waals surface area contributed by atoms with Gasteiger partial charge >= 0.3 is 0 Å². The van der Waals surface area contributed by atoms with Gasteiger partial charge in [0.2, 0.25) is 0 Å². The van der Waals surface area contributed by atoms with Gasteiger partial charge in [-0.3, -0.25) is 19.6 Å². The van der Waals surface area contributed by atoms with Crippen LogP contribution in [-0.4, -0.2) is 29.9 Å². The molecule has 0 atom stereocenters.